The number of methoxy groups -OCH3 is 2. The van der Waals surface area contributed by atoms with E-state index >= 15 is 0 Å². The van der Waals surface area contributed by atoms with Crippen molar-refractivity contribution in [2.24, 2.45) is 0 Å². The molecule has 4 aromatic rings. The van der Waals surface area contributed by atoms with E-state index < -0.39 is 18.4 Å². The number of thiophene rings is 2. The summed E-state index contributed by atoms with van der Waals surface area (Å²) >= 11 is 3.79. The number of aromatic nitrogens is 2. The fourth-order valence-corrected chi connectivity index (χ4v) is 20.9. The van der Waals surface area contributed by atoms with E-state index in [1.165, 1.54) is 98.9 Å². The van der Waals surface area contributed by atoms with Crippen molar-refractivity contribution in [1.29, 1.82) is 0 Å². The second-order valence-electron chi connectivity index (χ2n) is 9.59. The number of halogens is 1. The number of carbonyl (C=O) groups is 2. The zero-order chi connectivity index (χ0) is 30.8. The molecule has 4 aromatic heterocycles. The van der Waals surface area contributed by atoms with Crippen molar-refractivity contribution < 1.29 is 27.9 Å². The maximum atomic E-state index is 11.1. The molecular formula is C30H41BrN2O6S2Sn. The Morgan fingerprint density at radius 1 is 0.810 bits per heavy atom. The number of oxazole rings is 2. The van der Waals surface area contributed by atoms with Crippen LogP contribution < -0.4 is 3.91 Å². The molecule has 4 rings (SSSR count). The van der Waals surface area contributed by atoms with Gasteiger partial charge in [-0.05, 0) is 28.1 Å². The van der Waals surface area contributed by atoms with E-state index in [0.717, 1.165) is 8.66 Å². The summed E-state index contributed by atoms with van der Waals surface area (Å²) in [4.78, 5) is 31.3. The molecule has 0 aliphatic rings. The van der Waals surface area contributed by atoms with Crippen LogP contribution in [0.2, 0.25) is 13.3 Å². The van der Waals surface area contributed by atoms with Crippen molar-refractivity contribution in [3.05, 3.63) is 62.7 Å². The molecule has 0 N–H and O–H groups in total. The van der Waals surface area contributed by atoms with Gasteiger partial charge in [0.1, 0.15) is 6.26 Å². The predicted molar refractivity (Wildman–Crippen MR) is 176 cm³/mol. The SMILES string of the molecule is CCC[CH2][Sn]([CH2]CCC)([CH2]CCC)[c]1ncco1.COC(=O)c1csc(-c2ncco2)c1.COC(=O)c1csc(Br)c1. The molecule has 0 amide bonds. The average Bonchev–Trinajstić information content (AvgIpc) is 3.84. The molecule has 0 aromatic carbocycles. The van der Waals surface area contributed by atoms with Gasteiger partial charge in [0.15, 0.2) is 0 Å². The summed E-state index contributed by atoms with van der Waals surface area (Å²) in [6.07, 6.45) is 14.7. The second kappa shape index (κ2) is 20.1. The Labute approximate surface area is 269 Å². The minimum atomic E-state index is -2.31. The first-order valence-corrected chi connectivity index (χ1v) is 24.2. The van der Waals surface area contributed by atoms with E-state index in [4.69, 9.17) is 8.83 Å². The first-order valence-electron chi connectivity index (χ1n) is 14.1. The minimum Gasteiger partial charge on any atom is -0.465 e. The molecule has 0 spiro atoms. The number of carbonyl (C=O) groups excluding carboxylic acids is 2. The molecule has 0 saturated heterocycles. The number of esters is 2. The van der Waals surface area contributed by atoms with Crippen LogP contribution >= 0.6 is 38.6 Å². The monoisotopic (exact) mass is 788 g/mol. The molecule has 0 aliphatic heterocycles. The number of rotatable bonds is 13. The van der Waals surface area contributed by atoms with Gasteiger partial charge in [-0.1, -0.05) is 0 Å². The third-order valence-electron chi connectivity index (χ3n) is 6.56. The molecule has 8 nitrogen and oxygen atoms in total. The molecule has 230 valence electrons. The number of nitrogens with zero attached hydrogens (tertiary/aromatic N) is 2. The maximum Gasteiger partial charge on any atom is 0.338 e. The molecule has 12 heteroatoms. The van der Waals surface area contributed by atoms with Crippen LogP contribution in [0.1, 0.15) is 80.0 Å². The van der Waals surface area contributed by atoms with Crippen LogP contribution in [0.5, 0.6) is 0 Å². The van der Waals surface area contributed by atoms with Gasteiger partial charge in [-0.25, -0.2) is 14.6 Å². The van der Waals surface area contributed by atoms with E-state index in [2.05, 4.69) is 56.1 Å². The Bertz CT molecular complexity index is 1270. The third-order valence-corrected chi connectivity index (χ3v) is 23.5. The molecule has 0 saturated carbocycles. The van der Waals surface area contributed by atoms with Gasteiger partial charge in [0, 0.05) is 10.8 Å². The number of ether oxygens (including phenoxy) is 2. The molecular weight excluding hydrogens is 747 g/mol. The summed E-state index contributed by atoms with van der Waals surface area (Å²) in [7, 11) is 2.72. The maximum absolute atomic E-state index is 11.1. The quantitative estimate of drug-likeness (QED) is 0.0976. The molecule has 0 radical (unpaired) electrons. The fourth-order valence-electron chi connectivity index (χ4n) is 4.28. The molecule has 0 fully saturated rings. The van der Waals surface area contributed by atoms with Gasteiger partial charge in [-0.3, -0.25) is 0 Å². The Kier molecular flexibility index (Phi) is 17.3. The molecule has 0 bridgehead atoms. The van der Waals surface area contributed by atoms with Crippen molar-refractivity contribution in [3.63, 3.8) is 0 Å². The van der Waals surface area contributed by atoms with Crippen LogP contribution in [0.15, 0.2) is 60.4 Å². The van der Waals surface area contributed by atoms with Crippen molar-refractivity contribution in [1.82, 2.24) is 9.97 Å². The van der Waals surface area contributed by atoms with E-state index in [1.54, 1.807) is 35.4 Å². The summed E-state index contributed by atoms with van der Waals surface area (Å²) in [5.74, 6) is -0.119. The van der Waals surface area contributed by atoms with Crippen molar-refractivity contribution in [3.8, 4) is 10.8 Å². The van der Waals surface area contributed by atoms with E-state index in [-0.39, 0.29) is 11.9 Å². The Balaban J connectivity index is 0.000000229. The first-order chi connectivity index (χ1) is 20.3. The van der Waals surface area contributed by atoms with Gasteiger partial charge < -0.3 is 13.9 Å². The number of hydrogen-bond acceptors (Lipinski definition) is 10. The summed E-state index contributed by atoms with van der Waals surface area (Å²) in [6.45, 7) is 6.89. The van der Waals surface area contributed by atoms with Crippen LogP contribution in [-0.2, 0) is 9.47 Å². The van der Waals surface area contributed by atoms with E-state index in [0.29, 0.717) is 17.0 Å². The van der Waals surface area contributed by atoms with Crippen LogP contribution in [0.25, 0.3) is 10.8 Å². The summed E-state index contributed by atoms with van der Waals surface area (Å²) in [5, 5.41) is 3.46. The molecule has 0 aliphatic carbocycles. The van der Waals surface area contributed by atoms with E-state index in [1.807, 2.05) is 6.20 Å². The van der Waals surface area contributed by atoms with Gasteiger partial charge in [-0.15, -0.1) is 22.7 Å². The fraction of sp³-hybridized carbons (Fsp3) is 0.467. The van der Waals surface area contributed by atoms with Crippen LogP contribution in [0, 0.1) is 0 Å². The first kappa shape index (κ1) is 36.2. The summed E-state index contributed by atoms with van der Waals surface area (Å²) in [5.41, 5.74) is 1.12. The normalized spacial score (nSPS) is 10.7. The summed E-state index contributed by atoms with van der Waals surface area (Å²) in [6, 6.07) is 3.43. The van der Waals surface area contributed by atoms with Crippen molar-refractivity contribution in [2.75, 3.05) is 14.2 Å². The Hall–Kier alpha value is -1.96. The number of unbranched alkanes of at least 4 members (excludes halogenated alkanes) is 3. The van der Waals surface area contributed by atoms with Crippen LogP contribution in [0.4, 0.5) is 0 Å². The standard InChI is InChI=1S/C9H7NO3S.C6H5BrO2S.3C4H9.C3H2NO.Sn/c1-12-9(11)6-4-7(14-5-6)8-10-2-3-13-8;1-9-6(8)4-2-5(7)10-3-4;3*1-3-4-2;1-2-5-3-4-1;/h2-5H,1H3;2-3H,1H3;3*1,3-4H2,2H3;1-2H;. The smallest absolute Gasteiger partial charge is 0.338 e. The van der Waals surface area contributed by atoms with Crippen molar-refractivity contribution in [2.45, 2.75) is 72.6 Å². The molecule has 0 unspecified atom stereocenters. The molecule has 0 atom stereocenters. The largest absolute Gasteiger partial charge is 0.465 e. The average molecular weight is 788 g/mol. The van der Waals surface area contributed by atoms with Crippen LogP contribution in [-0.4, -0.2) is 54.5 Å². The van der Waals surface area contributed by atoms with Crippen LogP contribution in [0.3, 0.4) is 0 Å². The Morgan fingerprint density at radius 2 is 1.33 bits per heavy atom. The van der Waals surface area contributed by atoms with Gasteiger partial charge in [0.2, 0.25) is 5.89 Å². The van der Waals surface area contributed by atoms with Gasteiger partial charge >= 0.3 is 129 Å². The third kappa shape index (κ3) is 11.6. The minimum absolute atomic E-state index is 0.290. The second-order valence-corrected chi connectivity index (χ2v) is 25.6. The van der Waals surface area contributed by atoms with Gasteiger partial charge in [0.05, 0.1) is 40.2 Å². The number of hydrogen-bond donors (Lipinski definition) is 0. The summed E-state index contributed by atoms with van der Waals surface area (Å²) < 4.78 is 26.4. The zero-order valence-electron chi connectivity index (χ0n) is 25.0. The molecule has 4 heterocycles. The Morgan fingerprint density at radius 3 is 1.76 bits per heavy atom. The topological polar surface area (TPSA) is 105 Å². The van der Waals surface area contributed by atoms with E-state index in [9.17, 15) is 9.59 Å². The predicted octanol–water partition coefficient (Wildman–Crippen LogP) is 9.22. The molecule has 42 heavy (non-hydrogen) atoms. The zero-order valence-corrected chi connectivity index (χ0v) is 31.1. The van der Waals surface area contributed by atoms with Gasteiger partial charge in [0.25, 0.3) is 0 Å². The van der Waals surface area contributed by atoms with Crippen molar-refractivity contribution >= 4 is 72.8 Å². The van der Waals surface area contributed by atoms with Gasteiger partial charge in [-0.2, -0.15) is 0 Å².